The molecular weight excluding hydrogens is 468 g/mol. The number of anilines is 1. The highest BCUT2D eigenvalue weighted by Gasteiger charge is 2.28. The summed E-state index contributed by atoms with van der Waals surface area (Å²) < 4.78 is 8.80. The van der Waals surface area contributed by atoms with Gasteiger partial charge >= 0.3 is 6.09 Å². The zero-order chi connectivity index (χ0) is 22.7. The number of benzene rings is 2. The Morgan fingerprint density at radius 1 is 1.16 bits per heavy atom. The van der Waals surface area contributed by atoms with Crippen LogP contribution in [0.15, 0.2) is 53.0 Å². The van der Waals surface area contributed by atoms with Crippen LogP contribution in [-0.4, -0.2) is 40.4 Å². The maximum atomic E-state index is 12.2. The molecule has 6 nitrogen and oxygen atoms in total. The van der Waals surface area contributed by atoms with Gasteiger partial charge in [0.05, 0.1) is 17.6 Å². The molecule has 0 saturated carbocycles. The summed E-state index contributed by atoms with van der Waals surface area (Å²) in [6, 6.07) is 16.9. The summed E-state index contributed by atoms with van der Waals surface area (Å²) in [6.07, 6.45) is 2.90. The molecule has 0 radical (unpaired) electrons. The van der Waals surface area contributed by atoms with Gasteiger partial charge in [0.1, 0.15) is 5.60 Å². The Labute approximate surface area is 198 Å². The van der Waals surface area contributed by atoms with Crippen LogP contribution in [0, 0.1) is 0 Å². The number of ether oxygens (including phenoxy) is 1. The fourth-order valence-electron chi connectivity index (χ4n) is 4.20. The third-order valence-corrected chi connectivity index (χ3v) is 6.18. The zero-order valence-electron chi connectivity index (χ0n) is 19.0. The smallest absolute Gasteiger partial charge is 0.407 e. The largest absolute Gasteiger partial charge is 0.444 e. The van der Waals surface area contributed by atoms with Crippen LogP contribution in [0.3, 0.4) is 0 Å². The van der Waals surface area contributed by atoms with E-state index in [-0.39, 0.29) is 12.1 Å². The fraction of sp³-hybridized carbons (Fsp3) is 0.440. The lowest BCUT2D eigenvalue weighted by Crippen LogP contribution is -2.48. The number of hydrogen-bond donors (Lipinski definition) is 1. The lowest BCUT2D eigenvalue weighted by molar-refractivity contribution is 0.0522. The molecule has 1 aliphatic heterocycles. The quantitative estimate of drug-likeness (QED) is 0.487. The number of fused-ring (bicyclic) bond motifs is 1. The van der Waals surface area contributed by atoms with Gasteiger partial charge in [-0.25, -0.2) is 9.78 Å². The Hall–Kier alpha value is -2.54. The molecule has 170 valence electrons. The second-order valence-electron chi connectivity index (χ2n) is 9.34. The van der Waals surface area contributed by atoms with Crippen LogP contribution in [0.1, 0.15) is 45.6 Å². The average Bonchev–Trinajstić information content (AvgIpc) is 3.11. The second-order valence-corrected chi connectivity index (χ2v) is 10.3. The Morgan fingerprint density at radius 2 is 1.91 bits per heavy atom. The Kier molecular flexibility index (Phi) is 6.74. The van der Waals surface area contributed by atoms with Crippen LogP contribution in [0.4, 0.5) is 10.7 Å². The van der Waals surface area contributed by atoms with E-state index in [9.17, 15) is 4.79 Å². The van der Waals surface area contributed by atoms with E-state index in [1.807, 2.05) is 26.8 Å². The molecule has 32 heavy (non-hydrogen) atoms. The van der Waals surface area contributed by atoms with E-state index in [1.54, 1.807) is 0 Å². The normalized spacial score (nSPS) is 16.9. The van der Waals surface area contributed by atoms with Crippen molar-refractivity contribution in [3.05, 3.63) is 58.6 Å². The number of para-hydroxylation sites is 2. The summed E-state index contributed by atoms with van der Waals surface area (Å²) in [7, 11) is 0. The van der Waals surface area contributed by atoms with Crippen molar-refractivity contribution in [1.82, 2.24) is 14.9 Å². The van der Waals surface area contributed by atoms with Crippen LogP contribution in [-0.2, 0) is 11.3 Å². The molecule has 0 aliphatic carbocycles. The van der Waals surface area contributed by atoms with Crippen LogP contribution >= 0.6 is 15.9 Å². The minimum absolute atomic E-state index is 0.178. The van der Waals surface area contributed by atoms with E-state index in [0.717, 1.165) is 53.8 Å². The molecule has 1 atom stereocenters. The van der Waals surface area contributed by atoms with Crippen LogP contribution < -0.4 is 10.2 Å². The third-order valence-electron chi connectivity index (χ3n) is 5.65. The average molecular weight is 499 g/mol. The highest BCUT2D eigenvalue weighted by Crippen LogP contribution is 2.29. The summed E-state index contributed by atoms with van der Waals surface area (Å²) in [5, 5.41) is 2.97. The molecule has 1 aliphatic rings. The Bertz CT molecular complexity index is 1070. The minimum atomic E-state index is -0.505. The molecular formula is C25H31BrN4O2. The Balaban J connectivity index is 1.61. The molecule has 2 aromatic carbocycles. The number of nitrogens with zero attached hydrogens (tertiary/aromatic N) is 3. The maximum absolute atomic E-state index is 12.2. The number of aromatic nitrogens is 2. The van der Waals surface area contributed by atoms with Crippen molar-refractivity contribution in [1.29, 1.82) is 0 Å². The summed E-state index contributed by atoms with van der Waals surface area (Å²) in [4.78, 5) is 19.6. The number of carbonyl (C=O) groups is 1. The maximum Gasteiger partial charge on any atom is 0.407 e. The summed E-state index contributed by atoms with van der Waals surface area (Å²) >= 11 is 3.52. The highest BCUT2D eigenvalue weighted by molar-refractivity contribution is 9.10. The zero-order valence-corrected chi connectivity index (χ0v) is 20.6. The first-order chi connectivity index (χ1) is 15.3. The number of nitrogens with one attached hydrogen (secondary N) is 1. The first kappa shape index (κ1) is 22.6. The third kappa shape index (κ3) is 5.44. The summed E-state index contributed by atoms with van der Waals surface area (Å²) in [5.74, 6) is 0.963. The van der Waals surface area contributed by atoms with Crippen LogP contribution in [0.25, 0.3) is 11.0 Å². The molecule has 0 unspecified atom stereocenters. The lowest BCUT2D eigenvalue weighted by Gasteiger charge is -2.37. The van der Waals surface area contributed by atoms with Gasteiger partial charge in [0.25, 0.3) is 0 Å². The molecule has 7 heteroatoms. The van der Waals surface area contributed by atoms with E-state index in [4.69, 9.17) is 9.72 Å². The standard InChI is InChI=1S/C25H31BrN4O2/c1-25(2,3)32-24(31)27-16-20-8-6-7-15-29(20)23-28-21-9-4-5-10-22(21)30(23)17-18-11-13-19(26)14-12-18/h4-5,9-14,20H,6-8,15-17H2,1-3H3,(H,27,31)/t20-/m0/s1. The first-order valence-electron chi connectivity index (χ1n) is 11.2. The number of rotatable bonds is 5. The minimum Gasteiger partial charge on any atom is -0.444 e. The molecule has 1 aromatic heterocycles. The van der Waals surface area contributed by atoms with E-state index >= 15 is 0 Å². The molecule has 4 rings (SSSR count). The van der Waals surface area contributed by atoms with Crippen LogP contribution in [0.5, 0.6) is 0 Å². The number of alkyl carbamates (subject to hydrolysis) is 1. The number of amides is 1. The van der Waals surface area contributed by atoms with Crippen molar-refractivity contribution >= 4 is 39.0 Å². The van der Waals surface area contributed by atoms with Crippen molar-refractivity contribution < 1.29 is 9.53 Å². The van der Waals surface area contributed by atoms with Gasteiger partial charge < -0.3 is 19.5 Å². The monoisotopic (exact) mass is 498 g/mol. The van der Waals surface area contributed by atoms with Gasteiger partial charge in [-0.3, -0.25) is 0 Å². The van der Waals surface area contributed by atoms with Crippen molar-refractivity contribution in [2.75, 3.05) is 18.0 Å². The number of hydrogen-bond acceptors (Lipinski definition) is 4. The van der Waals surface area contributed by atoms with Crippen molar-refractivity contribution in [3.63, 3.8) is 0 Å². The van der Waals surface area contributed by atoms with Gasteiger partial charge in [-0.2, -0.15) is 0 Å². The highest BCUT2D eigenvalue weighted by atomic mass is 79.9. The van der Waals surface area contributed by atoms with E-state index < -0.39 is 5.60 Å². The van der Waals surface area contributed by atoms with Crippen molar-refractivity contribution in [3.8, 4) is 0 Å². The molecule has 1 saturated heterocycles. The molecule has 0 bridgehead atoms. The first-order valence-corrected chi connectivity index (χ1v) is 12.0. The summed E-state index contributed by atoms with van der Waals surface area (Å²) in [6.45, 7) is 7.84. The number of piperidine rings is 1. The van der Waals surface area contributed by atoms with Crippen LogP contribution in [0.2, 0.25) is 0 Å². The lowest BCUT2D eigenvalue weighted by atomic mass is 10.0. The SMILES string of the molecule is CC(C)(C)OC(=O)NC[C@@H]1CCCCN1c1nc2ccccc2n1Cc1ccc(Br)cc1. The van der Waals surface area contributed by atoms with E-state index in [0.29, 0.717) is 6.54 Å². The van der Waals surface area contributed by atoms with Crippen molar-refractivity contribution in [2.24, 2.45) is 0 Å². The van der Waals surface area contributed by atoms with E-state index in [1.165, 1.54) is 5.56 Å². The number of imidazole rings is 1. The van der Waals surface area contributed by atoms with Gasteiger partial charge in [0.15, 0.2) is 0 Å². The summed E-state index contributed by atoms with van der Waals surface area (Å²) in [5.41, 5.74) is 2.83. The van der Waals surface area contributed by atoms with Gasteiger partial charge in [0, 0.05) is 23.6 Å². The van der Waals surface area contributed by atoms with Gasteiger partial charge in [-0.1, -0.05) is 40.2 Å². The van der Waals surface area contributed by atoms with Crippen molar-refractivity contribution in [2.45, 2.75) is 58.2 Å². The Morgan fingerprint density at radius 3 is 2.66 bits per heavy atom. The molecule has 3 aromatic rings. The topological polar surface area (TPSA) is 59.4 Å². The number of carbonyl (C=O) groups excluding carboxylic acids is 1. The number of halogens is 1. The molecule has 1 fully saturated rings. The predicted octanol–water partition coefficient (Wildman–Crippen LogP) is 5.73. The van der Waals surface area contributed by atoms with Gasteiger partial charge in [-0.15, -0.1) is 0 Å². The molecule has 1 amide bonds. The molecule has 2 heterocycles. The van der Waals surface area contributed by atoms with E-state index in [2.05, 4.69) is 73.2 Å². The van der Waals surface area contributed by atoms with Gasteiger partial charge in [-0.05, 0) is 69.9 Å². The molecule has 1 N–H and O–H groups in total. The fourth-order valence-corrected chi connectivity index (χ4v) is 4.47. The second kappa shape index (κ2) is 9.53. The predicted molar refractivity (Wildman–Crippen MR) is 132 cm³/mol. The van der Waals surface area contributed by atoms with Gasteiger partial charge in [0.2, 0.25) is 5.95 Å². The molecule has 0 spiro atoms.